The van der Waals surface area contributed by atoms with Crippen LogP contribution in [0.3, 0.4) is 0 Å². The van der Waals surface area contributed by atoms with Crippen LogP contribution >= 0.6 is 0 Å². The van der Waals surface area contributed by atoms with E-state index in [4.69, 9.17) is 4.74 Å². The minimum atomic E-state index is -1.47. The molecule has 0 aromatic heterocycles. The topological polar surface area (TPSA) is 49.8 Å². The maximum Gasteiger partial charge on any atom is 0.259 e. The number of amides is 1. The van der Waals surface area contributed by atoms with Gasteiger partial charge in [0.05, 0.1) is 6.61 Å². The van der Waals surface area contributed by atoms with E-state index in [1.165, 1.54) is 4.90 Å². The van der Waals surface area contributed by atoms with Crippen molar-refractivity contribution in [3.63, 3.8) is 0 Å². The molecule has 1 aromatic rings. The lowest BCUT2D eigenvalue weighted by Crippen LogP contribution is -2.48. The molecule has 1 heterocycles. The van der Waals surface area contributed by atoms with Gasteiger partial charge >= 0.3 is 0 Å². The van der Waals surface area contributed by atoms with Gasteiger partial charge in [-0.1, -0.05) is 0 Å². The van der Waals surface area contributed by atoms with Gasteiger partial charge in [0.25, 0.3) is 5.91 Å². The van der Waals surface area contributed by atoms with Crippen LogP contribution in [0.1, 0.15) is 36.0 Å². The number of carbonyl (C=O) groups is 1. The second-order valence-corrected chi connectivity index (χ2v) is 6.30. The summed E-state index contributed by atoms with van der Waals surface area (Å²) in [6.07, 6.45) is 2.67. The number of rotatable bonds is 6. The first kappa shape index (κ1) is 18.7. The molecule has 0 saturated carbocycles. The highest BCUT2D eigenvalue weighted by molar-refractivity contribution is 5.95. The van der Waals surface area contributed by atoms with Crippen LogP contribution in [0.5, 0.6) is 0 Å². The van der Waals surface area contributed by atoms with Gasteiger partial charge in [0, 0.05) is 32.2 Å². The van der Waals surface area contributed by atoms with Gasteiger partial charge in [-0.3, -0.25) is 4.79 Å². The Kier molecular flexibility index (Phi) is 6.23. The highest BCUT2D eigenvalue weighted by Crippen LogP contribution is 2.35. The largest absolute Gasteiger partial charge is 0.396 e. The van der Waals surface area contributed by atoms with Crippen molar-refractivity contribution in [3.8, 4) is 0 Å². The SMILES string of the molecule is COCCC[C@]1(CO)CCCN(C(=O)c2c(F)ccc(F)c2F)C1. The summed E-state index contributed by atoms with van der Waals surface area (Å²) in [5, 5.41) is 9.78. The molecular weight excluding hydrogens is 323 g/mol. The van der Waals surface area contributed by atoms with Crippen LogP contribution < -0.4 is 0 Å². The van der Waals surface area contributed by atoms with Gasteiger partial charge in [0.2, 0.25) is 0 Å². The summed E-state index contributed by atoms with van der Waals surface area (Å²) in [6.45, 7) is 0.902. The summed E-state index contributed by atoms with van der Waals surface area (Å²) >= 11 is 0. The van der Waals surface area contributed by atoms with Crippen molar-refractivity contribution in [2.45, 2.75) is 25.7 Å². The van der Waals surface area contributed by atoms with E-state index in [2.05, 4.69) is 0 Å². The number of nitrogens with zero attached hydrogens (tertiary/aromatic N) is 1. The number of hydrogen-bond acceptors (Lipinski definition) is 3. The number of aliphatic hydroxyl groups is 1. The van der Waals surface area contributed by atoms with Gasteiger partial charge in [0.15, 0.2) is 11.6 Å². The van der Waals surface area contributed by atoms with Crippen molar-refractivity contribution in [2.24, 2.45) is 5.41 Å². The molecule has 0 unspecified atom stereocenters. The fourth-order valence-electron chi connectivity index (χ4n) is 3.27. The van der Waals surface area contributed by atoms with Gasteiger partial charge in [-0.15, -0.1) is 0 Å². The van der Waals surface area contributed by atoms with Crippen molar-refractivity contribution in [1.29, 1.82) is 0 Å². The van der Waals surface area contributed by atoms with Gasteiger partial charge in [-0.25, -0.2) is 13.2 Å². The summed E-state index contributed by atoms with van der Waals surface area (Å²) in [6, 6.07) is 1.40. The molecule has 0 bridgehead atoms. The number of likely N-dealkylation sites (tertiary alicyclic amines) is 1. The predicted molar refractivity (Wildman–Crippen MR) is 82.1 cm³/mol. The Bertz CT molecular complexity index is 597. The maximum atomic E-state index is 13.9. The molecule has 1 fully saturated rings. The number of ether oxygens (including phenoxy) is 1. The number of aliphatic hydroxyl groups excluding tert-OH is 1. The molecule has 0 spiro atoms. The summed E-state index contributed by atoms with van der Waals surface area (Å²) in [7, 11) is 1.58. The maximum absolute atomic E-state index is 13.9. The second kappa shape index (κ2) is 7.98. The number of halogens is 3. The molecule has 7 heteroatoms. The molecule has 134 valence electrons. The number of carbonyl (C=O) groups excluding carboxylic acids is 1. The normalized spacial score (nSPS) is 21.1. The third-order valence-electron chi connectivity index (χ3n) is 4.60. The zero-order valence-electron chi connectivity index (χ0n) is 13.7. The van der Waals surface area contributed by atoms with Crippen LogP contribution in [0.15, 0.2) is 12.1 Å². The Balaban J connectivity index is 2.19. The molecule has 1 saturated heterocycles. The molecule has 0 aliphatic carbocycles. The minimum Gasteiger partial charge on any atom is -0.396 e. The van der Waals surface area contributed by atoms with Gasteiger partial charge < -0.3 is 14.7 Å². The Morgan fingerprint density at radius 3 is 2.71 bits per heavy atom. The lowest BCUT2D eigenvalue weighted by atomic mass is 9.77. The third-order valence-corrected chi connectivity index (χ3v) is 4.60. The first-order chi connectivity index (χ1) is 11.4. The molecule has 1 atom stereocenters. The van der Waals surface area contributed by atoms with E-state index < -0.39 is 34.3 Å². The lowest BCUT2D eigenvalue weighted by Gasteiger charge is -2.42. The van der Waals surface area contributed by atoms with Crippen molar-refractivity contribution in [2.75, 3.05) is 33.4 Å². The Morgan fingerprint density at radius 2 is 2.04 bits per heavy atom. The fourth-order valence-corrected chi connectivity index (χ4v) is 3.27. The quantitative estimate of drug-likeness (QED) is 0.637. The van der Waals surface area contributed by atoms with E-state index in [-0.39, 0.29) is 13.2 Å². The first-order valence-electron chi connectivity index (χ1n) is 7.97. The number of hydrogen-bond donors (Lipinski definition) is 1. The van der Waals surface area contributed by atoms with Gasteiger partial charge in [-0.05, 0) is 37.8 Å². The van der Waals surface area contributed by atoms with Gasteiger partial charge in [-0.2, -0.15) is 0 Å². The summed E-state index contributed by atoms with van der Waals surface area (Å²) in [5.41, 5.74) is -1.40. The van der Waals surface area contributed by atoms with Crippen LogP contribution in [-0.2, 0) is 4.74 Å². The molecule has 4 nitrogen and oxygen atoms in total. The van der Waals surface area contributed by atoms with Crippen LogP contribution in [0, 0.1) is 22.9 Å². The molecule has 2 rings (SSSR count). The highest BCUT2D eigenvalue weighted by Gasteiger charge is 2.38. The second-order valence-electron chi connectivity index (χ2n) is 6.30. The standard InChI is InChI=1S/C17H22F3NO3/c1-24-9-3-7-17(11-22)6-2-8-21(10-17)16(23)14-12(18)4-5-13(19)15(14)20/h4-5,22H,2-3,6-11H2,1H3/t17-/m1/s1. The summed E-state index contributed by atoms with van der Waals surface area (Å²) in [5.74, 6) is -4.70. The monoisotopic (exact) mass is 345 g/mol. The van der Waals surface area contributed by atoms with E-state index in [0.29, 0.717) is 44.9 Å². The zero-order valence-corrected chi connectivity index (χ0v) is 13.7. The van der Waals surface area contributed by atoms with Gasteiger partial charge in [0.1, 0.15) is 11.4 Å². The van der Waals surface area contributed by atoms with E-state index in [0.717, 1.165) is 6.07 Å². The fraction of sp³-hybridized carbons (Fsp3) is 0.588. The number of piperidine rings is 1. The van der Waals surface area contributed by atoms with Crippen LogP contribution in [-0.4, -0.2) is 49.3 Å². The Hall–Kier alpha value is -1.60. The average molecular weight is 345 g/mol. The molecule has 0 radical (unpaired) electrons. The smallest absolute Gasteiger partial charge is 0.259 e. The molecule has 1 aromatic carbocycles. The summed E-state index contributed by atoms with van der Waals surface area (Å²) in [4.78, 5) is 13.8. The number of benzene rings is 1. The van der Waals surface area contributed by atoms with Crippen LogP contribution in [0.25, 0.3) is 0 Å². The Labute approximate surface area is 139 Å². The van der Waals surface area contributed by atoms with Crippen LogP contribution in [0.2, 0.25) is 0 Å². The lowest BCUT2D eigenvalue weighted by molar-refractivity contribution is 0.0175. The minimum absolute atomic E-state index is 0.130. The summed E-state index contributed by atoms with van der Waals surface area (Å²) < 4.78 is 46.1. The molecule has 1 amide bonds. The van der Waals surface area contributed by atoms with Crippen molar-refractivity contribution in [1.82, 2.24) is 4.90 Å². The van der Waals surface area contributed by atoms with E-state index in [1.54, 1.807) is 7.11 Å². The average Bonchev–Trinajstić information content (AvgIpc) is 2.59. The van der Waals surface area contributed by atoms with E-state index in [9.17, 15) is 23.1 Å². The highest BCUT2D eigenvalue weighted by atomic mass is 19.2. The molecular formula is C17H22F3NO3. The first-order valence-corrected chi connectivity index (χ1v) is 7.97. The van der Waals surface area contributed by atoms with E-state index in [1.807, 2.05) is 0 Å². The molecule has 1 aliphatic rings. The van der Waals surface area contributed by atoms with Crippen molar-refractivity contribution < 1.29 is 27.8 Å². The third kappa shape index (κ3) is 3.89. The molecule has 1 aliphatic heterocycles. The van der Waals surface area contributed by atoms with Crippen molar-refractivity contribution in [3.05, 3.63) is 35.1 Å². The number of methoxy groups -OCH3 is 1. The van der Waals surface area contributed by atoms with Crippen LogP contribution in [0.4, 0.5) is 13.2 Å². The predicted octanol–water partition coefficient (Wildman–Crippen LogP) is 2.75. The zero-order chi connectivity index (χ0) is 17.7. The molecule has 1 N–H and O–H groups in total. The Morgan fingerprint density at radius 1 is 1.33 bits per heavy atom. The van der Waals surface area contributed by atoms with E-state index >= 15 is 0 Å². The van der Waals surface area contributed by atoms with Crippen molar-refractivity contribution >= 4 is 5.91 Å². The molecule has 24 heavy (non-hydrogen) atoms.